The summed E-state index contributed by atoms with van der Waals surface area (Å²) in [7, 11) is 0. The molecule has 0 bridgehead atoms. The van der Waals surface area contributed by atoms with E-state index in [1.54, 1.807) is 23.7 Å². The van der Waals surface area contributed by atoms with E-state index in [2.05, 4.69) is 20.8 Å². The number of rotatable bonds is 4. The summed E-state index contributed by atoms with van der Waals surface area (Å²) in [4.78, 5) is 0. The maximum atomic E-state index is 13.5. The first-order valence-corrected chi connectivity index (χ1v) is 5.47. The maximum absolute atomic E-state index is 13.5. The van der Waals surface area contributed by atoms with Gasteiger partial charge in [-0.25, -0.2) is 4.39 Å². The first-order chi connectivity index (χ1) is 8.24. The van der Waals surface area contributed by atoms with Crippen molar-refractivity contribution in [1.82, 2.24) is 25.5 Å². The zero-order chi connectivity index (χ0) is 12.3. The molecule has 0 saturated heterocycles. The fraction of sp³-hybridized carbons (Fsp3) is 0.364. The molecule has 0 fully saturated rings. The van der Waals surface area contributed by atoms with Crippen molar-refractivity contribution in [3.05, 3.63) is 35.4 Å². The molecule has 2 rings (SSSR count). The van der Waals surface area contributed by atoms with Gasteiger partial charge in [0.15, 0.2) is 5.82 Å². The van der Waals surface area contributed by atoms with Gasteiger partial charge in [0, 0.05) is 5.56 Å². The average Bonchev–Trinajstić information content (AvgIpc) is 2.78. The highest BCUT2D eigenvalue weighted by Gasteiger charge is 2.11. The zero-order valence-electron chi connectivity index (χ0n) is 9.81. The normalized spacial score (nSPS) is 10.8. The van der Waals surface area contributed by atoms with Gasteiger partial charge >= 0.3 is 0 Å². The first-order valence-electron chi connectivity index (χ1n) is 5.47. The Morgan fingerprint density at radius 3 is 3.00 bits per heavy atom. The van der Waals surface area contributed by atoms with Crippen LogP contribution in [0.4, 0.5) is 4.39 Å². The van der Waals surface area contributed by atoms with E-state index in [-0.39, 0.29) is 5.82 Å². The third-order valence-corrected chi connectivity index (χ3v) is 2.53. The summed E-state index contributed by atoms with van der Waals surface area (Å²) in [6.07, 6.45) is 0. The van der Waals surface area contributed by atoms with Crippen LogP contribution in [0, 0.1) is 12.7 Å². The summed E-state index contributed by atoms with van der Waals surface area (Å²) in [5, 5.41) is 14.6. The maximum Gasteiger partial charge on any atom is 0.170 e. The average molecular weight is 235 g/mol. The second kappa shape index (κ2) is 5.01. The van der Waals surface area contributed by atoms with Gasteiger partial charge in [0.1, 0.15) is 5.82 Å². The molecule has 0 atom stereocenters. The van der Waals surface area contributed by atoms with Crippen molar-refractivity contribution in [1.29, 1.82) is 0 Å². The number of benzene rings is 1. The molecule has 0 aliphatic heterocycles. The molecule has 6 heteroatoms. The Hall–Kier alpha value is -1.82. The summed E-state index contributed by atoms with van der Waals surface area (Å²) in [5.74, 6) is 0.410. The van der Waals surface area contributed by atoms with Crippen LogP contribution in [0.3, 0.4) is 0 Å². The predicted octanol–water partition coefficient (Wildman–Crippen LogP) is 1.22. The van der Waals surface area contributed by atoms with Gasteiger partial charge in [-0.15, -0.1) is 5.10 Å². The molecule has 0 aliphatic carbocycles. The number of halogens is 1. The third-order valence-electron chi connectivity index (χ3n) is 2.53. The second-order valence-corrected chi connectivity index (χ2v) is 3.67. The molecular formula is C11H14FN5. The summed E-state index contributed by atoms with van der Waals surface area (Å²) in [6.45, 7) is 5.10. The summed E-state index contributed by atoms with van der Waals surface area (Å²) >= 11 is 0. The fourth-order valence-electron chi connectivity index (χ4n) is 1.57. The van der Waals surface area contributed by atoms with E-state index >= 15 is 0 Å². The number of hydrogen-bond acceptors (Lipinski definition) is 4. The van der Waals surface area contributed by atoms with Crippen molar-refractivity contribution in [3.8, 4) is 5.69 Å². The van der Waals surface area contributed by atoms with Gasteiger partial charge < -0.3 is 5.32 Å². The first kappa shape index (κ1) is 11.7. The Kier molecular flexibility index (Phi) is 3.43. The van der Waals surface area contributed by atoms with Gasteiger partial charge in [-0.3, -0.25) is 0 Å². The lowest BCUT2D eigenvalue weighted by atomic mass is 10.2. The second-order valence-electron chi connectivity index (χ2n) is 3.67. The van der Waals surface area contributed by atoms with Crippen LogP contribution in [-0.2, 0) is 6.54 Å². The molecule has 5 nitrogen and oxygen atoms in total. The molecule has 90 valence electrons. The van der Waals surface area contributed by atoms with Crippen LogP contribution >= 0.6 is 0 Å². The van der Waals surface area contributed by atoms with Crippen molar-refractivity contribution in [2.75, 3.05) is 6.54 Å². The largest absolute Gasteiger partial charge is 0.310 e. The Balaban J connectivity index is 2.39. The minimum atomic E-state index is -0.257. The topological polar surface area (TPSA) is 55.6 Å². The molecule has 17 heavy (non-hydrogen) atoms. The number of aromatic nitrogens is 4. The van der Waals surface area contributed by atoms with Gasteiger partial charge in [0.25, 0.3) is 0 Å². The van der Waals surface area contributed by atoms with Crippen LogP contribution in [0.1, 0.15) is 18.3 Å². The van der Waals surface area contributed by atoms with Crippen LogP contribution in [0.15, 0.2) is 18.2 Å². The number of nitrogens with zero attached hydrogens (tertiary/aromatic N) is 4. The van der Waals surface area contributed by atoms with Crippen LogP contribution in [0.5, 0.6) is 0 Å². The predicted molar refractivity (Wildman–Crippen MR) is 61.2 cm³/mol. The lowest BCUT2D eigenvalue weighted by Crippen LogP contribution is -2.16. The van der Waals surface area contributed by atoms with Gasteiger partial charge in [0.05, 0.1) is 12.2 Å². The highest BCUT2D eigenvalue weighted by Crippen LogP contribution is 2.16. The minimum Gasteiger partial charge on any atom is -0.310 e. The molecular weight excluding hydrogens is 221 g/mol. The molecule has 1 heterocycles. The molecule has 0 aliphatic rings. The van der Waals surface area contributed by atoms with Crippen LogP contribution in [0.25, 0.3) is 5.69 Å². The fourth-order valence-corrected chi connectivity index (χ4v) is 1.57. The standard InChI is InChI=1S/C11H14FN5/c1-3-13-7-11-14-15-16-17(11)10-6-4-5-9(12)8(10)2/h4-6,13H,3,7H2,1-2H3. The van der Waals surface area contributed by atoms with Crippen molar-refractivity contribution in [2.24, 2.45) is 0 Å². The molecule has 0 amide bonds. The zero-order valence-corrected chi connectivity index (χ0v) is 9.81. The van der Waals surface area contributed by atoms with E-state index in [1.807, 2.05) is 6.92 Å². The SMILES string of the molecule is CCNCc1nnnn1-c1cccc(F)c1C. The molecule has 2 aromatic rings. The van der Waals surface area contributed by atoms with E-state index in [0.29, 0.717) is 23.6 Å². The molecule has 0 saturated carbocycles. The van der Waals surface area contributed by atoms with Gasteiger partial charge in [-0.2, -0.15) is 4.68 Å². The third kappa shape index (κ3) is 2.31. The molecule has 0 radical (unpaired) electrons. The quantitative estimate of drug-likeness (QED) is 0.865. The van der Waals surface area contributed by atoms with Crippen molar-refractivity contribution < 1.29 is 4.39 Å². The Morgan fingerprint density at radius 2 is 2.24 bits per heavy atom. The van der Waals surface area contributed by atoms with Crippen LogP contribution in [-0.4, -0.2) is 26.8 Å². The smallest absolute Gasteiger partial charge is 0.170 e. The van der Waals surface area contributed by atoms with E-state index in [4.69, 9.17) is 0 Å². The Morgan fingerprint density at radius 1 is 1.41 bits per heavy atom. The molecule has 1 aromatic heterocycles. The molecule has 1 N–H and O–H groups in total. The van der Waals surface area contributed by atoms with E-state index in [0.717, 1.165) is 6.54 Å². The van der Waals surface area contributed by atoms with Gasteiger partial charge in [-0.1, -0.05) is 13.0 Å². The molecule has 1 aromatic carbocycles. The summed E-state index contributed by atoms with van der Waals surface area (Å²) < 4.78 is 15.0. The monoisotopic (exact) mass is 235 g/mol. The minimum absolute atomic E-state index is 0.257. The highest BCUT2D eigenvalue weighted by atomic mass is 19.1. The van der Waals surface area contributed by atoms with Crippen LogP contribution < -0.4 is 5.32 Å². The van der Waals surface area contributed by atoms with E-state index in [9.17, 15) is 4.39 Å². The molecule has 0 unspecified atom stereocenters. The lowest BCUT2D eigenvalue weighted by Gasteiger charge is -2.08. The Labute approximate surface area is 98.6 Å². The Bertz CT molecular complexity index is 508. The van der Waals surface area contributed by atoms with Crippen LogP contribution in [0.2, 0.25) is 0 Å². The number of nitrogens with one attached hydrogen (secondary N) is 1. The van der Waals surface area contributed by atoms with Crippen molar-refractivity contribution in [2.45, 2.75) is 20.4 Å². The number of hydrogen-bond donors (Lipinski definition) is 1. The van der Waals surface area contributed by atoms with Crippen molar-refractivity contribution in [3.63, 3.8) is 0 Å². The van der Waals surface area contributed by atoms with Gasteiger partial charge in [0.2, 0.25) is 0 Å². The highest BCUT2D eigenvalue weighted by molar-refractivity contribution is 5.40. The summed E-state index contributed by atoms with van der Waals surface area (Å²) in [6, 6.07) is 4.87. The lowest BCUT2D eigenvalue weighted by molar-refractivity contribution is 0.611. The summed E-state index contributed by atoms with van der Waals surface area (Å²) in [5.41, 5.74) is 1.21. The van der Waals surface area contributed by atoms with Gasteiger partial charge in [-0.05, 0) is 36.0 Å². The molecule has 0 spiro atoms. The van der Waals surface area contributed by atoms with Crippen molar-refractivity contribution >= 4 is 0 Å². The number of tetrazole rings is 1. The van der Waals surface area contributed by atoms with E-state index in [1.165, 1.54) is 6.07 Å². The van der Waals surface area contributed by atoms with E-state index < -0.39 is 0 Å².